The molecule has 0 saturated carbocycles. The summed E-state index contributed by atoms with van der Waals surface area (Å²) in [6, 6.07) is 3.66. The van der Waals surface area contributed by atoms with E-state index in [0.29, 0.717) is 6.54 Å². The molecule has 1 fully saturated rings. The molecule has 0 radical (unpaired) electrons. The second-order valence-corrected chi connectivity index (χ2v) is 4.59. The summed E-state index contributed by atoms with van der Waals surface area (Å²) in [5, 5.41) is 5.63. The predicted octanol–water partition coefficient (Wildman–Crippen LogP) is 0.863. The molecular formula is C13H16FN3O2. The van der Waals surface area contributed by atoms with Gasteiger partial charge in [-0.3, -0.25) is 9.59 Å². The first-order valence-corrected chi connectivity index (χ1v) is 6.19. The Morgan fingerprint density at radius 2 is 2.21 bits per heavy atom. The number of carbonyl (C=O) groups excluding carboxylic acids is 2. The molecule has 1 atom stereocenters. The summed E-state index contributed by atoms with van der Waals surface area (Å²) >= 11 is 0. The fourth-order valence-corrected chi connectivity index (χ4v) is 2.08. The Kier molecular flexibility index (Phi) is 4.11. The molecule has 0 spiro atoms. The van der Waals surface area contributed by atoms with Crippen LogP contribution in [0.2, 0.25) is 0 Å². The number of carbonyl (C=O) groups is 2. The van der Waals surface area contributed by atoms with Gasteiger partial charge >= 0.3 is 0 Å². The Morgan fingerprint density at radius 3 is 2.84 bits per heavy atom. The Balaban J connectivity index is 2.11. The van der Waals surface area contributed by atoms with Crippen molar-refractivity contribution >= 4 is 17.5 Å². The summed E-state index contributed by atoms with van der Waals surface area (Å²) in [5.41, 5.74) is 5.28. The van der Waals surface area contributed by atoms with E-state index in [-0.39, 0.29) is 23.1 Å². The summed E-state index contributed by atoms with van der Waals surface area (Å²) in [4.78, 5) is 23.0. The van der Waals surface area contributed by atoms with E-state index in [1.807, 2.05) is 0 Å². The lowest BCUT2D eigenvalue weighted by molar-refractivity contribution is -0.120. The van der Waals surface area contributed by atoms with Gasteiger partial charge in [-0.2, -0.15) is 0 Å². The molecule has 1 saturated heterocycles. The van der Waals surface area contributed by atoms with Crippen LogP contribution in [0, 0.1) is 11.7 Å². The van der Waals surface area contributed by atoms with E-state index in [4.69, 9.17) is 5.73 Å². The number of hydrogen-bond acceptors (Lipinski definition) is 3. The van der Waals surface area contributed by atoms with Gasteiger partial charge in [-0.05, 0) is 37.6 Å². The van der Waals surface area contributed by atoms with Crippen LogP contribution in [-0.2, 0) is 4.79 Å². The van der Waals surface area contributed by atoms with Gasteiger partial charge in [0.2, 0.25) is 11.8 Å². The van der Waals surface area contributed by atoms with E-state index in [2.05, 4.69) is 10.6 Å². The Bertz CT molecular complexity index is 499. The number of nitrogens with one attached hydrogen (secondary N) is 2. The van der Waals surface area contributed by atoms with E-state index in [0.717, 1.165) is 25.5 Å². The van der Waals surface area contributed by atoms with Crippen LogP contribution in [-0.4, -0.2) is 24.9 Å². The smallest absolute Gasteiger partial charge is 0.248 e. The van der Waals surface area contributed by atoms with Crippen LogP contribution >= 0.6 is 0 Å². The van der Waals surface area contributed by atoms with Crippen LogP contribution < -0.4 is 16.4 Å². The van der Waals surface area contributed by atoms with Crippen molar-refractivity contribution in [3.63, 3.8) is 0 Å². The highest BCUT2D eigenvalue weighted by atomic mass is 19.1. The molecule has 2 rings (SSSR count). The monoisotopic (exact) mass is 265 g/mol. The number of anilines is 1. The third-order valence-electron chi connectivity index (χ3n) is 3.18. The lowest BCUT2D eigenvalue weighted by atomic mass is 9.98. The highest BCUT2D eigenvalue weighted by molar-refractivity contribution is 5.97. The molecule has 1 heterocycles. The topological polar surface area (TPSA) is 84.2 Å². The Hall–Kier alpha value is -1.95. The molecule has 1 aliphatic rings. The average Bonchev–Trinajstić information content (AvgIpc) is 2.42. The maximum atomic E-state index is 13.6. The van der Waals surface area contributed by atoms with Crippen LogP contribution in [0.5, 0.6) is 0 Å². The highest BCUT2D eigenvalue weighted by Crippen LogP contribution is 2.18. The molecule has 6 heteroatoms. The zero-order valence-electron chi connectivity index (χ0n) is 10.4. The van der Waals surface area contributed by atoms with Crippen LogP contribution in [0.3, 0.4) is 0 Å². The quantitative estimate of drug-likeness (QED) is 0.758. The van der Waals surface area contributed by atoms with Gasteiger partial charge in [0.15, 0.2) is 0 Å². The molecule has 2 amide bonds. The van der Waals surface area contributed by atoms with Crippen LogP contribution in [0.25, 0.3) is 0 Å². The molecule has 102 valence electrons. The number of amides is 2. The fraction of sp³-hybridized carbons (Fsp3) is 0.385. The van der Waals surface area contributed by atoms with Crippen molar-refractivity contribution in [3.05, 3.63) is 29.6 Å². The number of piperidine rings is 1. The van der Waals surface area contributed by atoms with E-state index in [1.54, 1.807) is 0 Å². The first-order chi connectivity index (χ1) is 9.08. The Morgan fingerprint density at radius 1 is 1.42 bits per heavy atom. The number of rotatable bonds is 3. The molecular weight excluding hydrogens is 249 g/mol. The second kappa shape index (κ2) is 5.79. The van der Waals surface area contributed by atoms with E-state index in [1.165, 1.54) is 12.1 Å². The standard InChI is InChI=1S/C13H16FN3O2/c14-10-4-3-8(12(15)18)6-11(10)17-13(19)9-2-1-5-16-7-9/h3-4,6,9,16H,1-2,5,7H2,(H2,15,18)(H,17,19)/t9-/m0/s1. The van der Waals surface area contributed by atoms with Crippen molar-refractivity contribution in [1.29, 1.82) is 0 Å². The van der Waals surface area contributed by atoms with Crippen LogP contribution in [0.4, 0.5) is 10.1 Å². The molecule has 1 aromatic rings. The summed E-state index contributed by atoms with van der Waals surface area (Å²) in [6.07, 6.45) is 1.69. The zero-order chi connectivity index (χ0) is 13.8. The van der Waals surface area contributed by atoms with Crippen molar-refractivity contribution in [2.75, 3.05) is 18.4 Å². The van der Waals surface area contributed by atoms with Gasteiger partial charge in [0.1, 0.15) is 5.82 Å². The van der Waals surface area contributed by atoms with Crippen LogP contribution in [0.15, 0.2) is 18.2 Å². The van der Waals surface area contributed by atoms with Crippen LogP contribution in [0.1, 0.15) is 23.2 Å². The van der Waals surface area contributed by atoms with Gasteiger partial charge in [0.25, 0.3) is 0 Å². The Labute approximate surface area is 110 Å². The van der Waals surface area contributed by atoms with Crippen molar-refractivity contribution < 1.29 is 14.0 Å². The minimum absolute atomic E-state index is 0.00752. The van der Waals surface area contributed by atoms with Crippen molar-refractivity contribution in [1.82, 2.24) is 5.32 Å². The molecule has 4 N–H and O–H groups in total. The molecule has 0 aliphatic carbocycles. The van der Waals surface area contributed by atoms with Crippen molar-refractivity contribution in [3.8, 4) is 0 Å². The third kappa shape index (κ3) is 3.29. The first-order valence-electron chi connectivity index (χ1n) is 6.19. The molecule has 0 bridgehead atoms. The summed E-state index contributed by atoms with van der Waals surface area (Å²) in [5.74, 6) is -1.66. The molecule has 19 heavy (non-hydrogen) atoms. The fourth-order valence-electron chi connectivity index (χ4n) is 2.08. The lowest BCUT2D eigenvalue weighted by Gasteiger charge is -2.22. The number of nitrogens with two attached hydrogens (primary N) is 1. The van der Waals surface area contributed by atoms with Crippen molar-refractivity contribution in [2.24, 2.45) is 11.7 Å². The second-order valence-electron chi connectivity index (χ2n) is 4.59. The largest absolute Gasteiger partial charge is 0.366 e. The normalized spacial score (nSPS) is 18.9. The number of hydrogen-bond donors (Lipinski definition) is 3. The SMILES string of the molecule is NC(=O)c1ccc(F)c(NC(=O)[C@H]2CCCNC2)c1. The average molecular weight is 265 g/mol. The molecule has 5 nitrogen and oxygen atoms in total. The number of halogens is 1. The van der Waals surface area contributed by atoms with Gasteiger partial charge in [-0.25, -0.2) is 4.39 Å². The van der Waals surface area contributed by atoms with Gasteiger partial charge in [-0.15, -0.1) is 0 Å². The van der Waals surface area contributed by atoms with Gasteiger partial charge < -0.3 is 16.4 Å². The van der Waals surface area contributed by atoms with E-state index in [9.17, 15) is 14.0 Å². The molecule has 1 aromatic carbocycles. The highest BCUT2D eigenvalue weighted by Gasteiger charge is 2.22. The van der Waals surface area contributed by atoms with Gasteiger partial charge in [0.05, 0.1) is 11.6 Å². The maximum Gasteiger partial charge on any atom is 0.248 e. The lowest BCUT2D eigenvalue weighted by Crippen LogP contribution is -2.37. The summed E-state index contributed by atoms with van der Waals surface area (Å²) in [7, 11) is 0. The molecule has 0 aromatic heterocycles. The first kappa shape index (κ1) is 13.5. The van der Waals surface area contributed by atoms with E-state index < -0.39 is 11.7 Å². The maximum absolute atomic E-state index is 13.6. The zero-order valence-corrected chi connectivity index (χ0v) is 10.4. The predicted molar refractivity (Wildman–Crippen MR) is 69.1 cm³/mol. The third-order valence-corrected chi connectivity index (χ3v) is 3.18. The van der Waals surface area contributed by atoms with Gasteiger partial charge in [0, 0.05) is 12.1 Å². The number of benzene rings is 1. The van der Waals surface area contributed by atoms with Crippen molar-refractivity contribution in [2.45, 2.75) is 12.8 Å². The molecule has 0 unspecified atom stereocenters. The summed E-state index contributed by atoms with van der Waals surface area (Å²) < 4.78 is 13.6. The minimum Gasteiger partial charge on any atom is -0.366 e. The van der Waals surface area contributed by atoms with E-state index >= 15 is 0 Å². The minimum atomic E-state index is -0.658. The molecule has 1 aliphatic heterocycles. The number of primary amides is 1. The van der Waals surface area contributed by atoms with Gasteiger partial charge in [-0.1, -0.05) is 0 Å². The summed E-state index contributed by atoms with van der Waals surface area (Å²) in [6.45, 7) is 1.48.